The molecule has 0 radical (unpaired) electrons. The SMILES string of the molecule is CCCCCCOCCOCCOCCOCCCC(=O)OCCCC. The van der Waals surface area contributed by atoms with Crippen molar-refractivity contribution in [3.63, 3.8) is 0 Å². The highest BCUT2D eigenvalue weighted by molar-refractivity contribution is 5.69. The number of unbranched alkanes of at least 4 members (excludes halogenated alkanes) is 4. The van der Waals surface area contributed by atoms with Gasteiger partial charge in [0.15, 0.2) is 0 Å². The number of hydrogen-bond donors (Lipinski definition) is 0. The molecule has 0 aliphatic carbocycles. The largest absolute Gasteiger partial charge is 0.466 e. The Kier molecular flexibility index (Phi) is 21.8. The molecule has 0 rings (SSSR count). The van der Waals surface area contributed by atoms with Crippen LogP contribution in [0.4, 0.5) is 0 Å². The summed E-state index contributed by atoms with van der Waals surface area (Å²) in [4.78, 5) is 11.4. The Labute approximate surface area is 159 Å². The third kappa shape index (κ3) is 21.4. The van der Waals surface area contributed by atoms with Crippen LogP contribution in [0.1, 0.15) is 65.2 Å². The molecular formula is C20H40O6. The predicted molar refractivity (Wildman–Crippen MR) is 103 cm³/mol. The lowest BCUT2D eigenvalue weighted by Gasteiger charge is -2.07. The molecule has 0 atom stereocenters. The molecule has 0 saturated carbocycles. The van der Waals surface area contributed by atoms with Crippen LogP contribution in [0.3, 0.4) is 0 Å². The van der Waals surface area contributed by atoms with E-state index >= 15 is 0 Å². The van der Waals surface area contributed by atoms with Crippen molar-refractivity contribution in [3.8, 4) is 0 Å². The van der Waals surface area contributed by atoms with Gasteiger partial charge in [-0.3, -0.25) is 4.79 Å². The summed E-state index contributed by atoms with van der Waals surface area (Å²) in [6, 6.07) is 0. The van der Waals surface area contributed by atoms with Crippen molar-refractivity contribution >= 4 is 5.97 Å². The predicted octanol–water partition coefficient (Wildman–Crippen LogP) is 3.76. The topological polar surface area (TPSA) is 63.2 Å². The molecular weight excluding hydrogens is 336 g/mol. The van der Waals surface area contributed by atoms with Gasteiger partial charge in [0.1, 0.15) is 0 Å². The maximum absolute atomic E-state index is 11.4. The highest BCUT2D eigenvalue weighted by Gasteiger charge is 2.01. The number of esters is 1. The second-order valence-electron chi connectivity index (χ2n) is 6.19. The lowest BCUT2D eigenvalue weighted by Crippen LogP contribution is -2.12. The Morgan fingerprint density at radius 3 is 1.58 bits per heavy atom. The first-order valence-corrected chi connectivity index (χ1v) is 10.3. The van der Waals surface area contributed by atoms with Crippen LogP contribution in [-0.2, 0) is 28.5 Å². The maximum atomic E-state index is 11.4. The van der Waals surface area contributed by atoms with E-state index in [0.717, 1.165) is 25.9 Å². The summed E-state index contributed by atoms with van der Waals surface area (Å²) in [6.07, 6.45) is 7.98. The van der Waals surface area contributed by atoms with Crippen molar-refractivity contribution in [1.82, 2.24) is 0 Å². The zero-order valence-corrected chi connectivity index (χ0v) is 17.0. The summed E-state index contributed by atoms with van der Waals surface area (Å²) in [6.45, 7) is 9.65. The van der Waals surface area contributed by atoms with Crippen molar-refractivity contribution in [2.75, 3.05) is 59.5 Å². The zero-order valence-electron chi connectivity index (χ0n) is 17.0. The van der Waals surface area contributed by atoms with Crippen LogP contribution in [0.25, 0.3) is 0 Å². The first-order chi connectivity index (χ1) is 12.8. The average molecular weight is 377 g/mol. The second kappa shape index (κ2) is 22.4. The molecule has 0 aliphatic rings. The van der Waals surface area contributed by atoms with E-state index in [4.69, 9.17) is 23.7 Å². The summed E-state index contributed by atoms with van der Waals surface area (Å²) in [5, 5.41) is 0. The lowest BCUT2D eigenvalue weighted by molar-refractivity contribution is -0.144. The van der Waals surface area contributed by atoms with E-state index in [0.29, 0.717) is 65.7 Å². The quantitative estimate of drug-likeness (QED) is 0.224. The summed E-state index contributed by atoms with van der Waals surface area (Å²) >= 11 is 0. The van der Waals surface area contributed by atoms with Crippen LogP contribution < -0.4 is 0 Å². The molecule has 0 aromatic rings. The zero-order chi connectivity index (χ0) is 19.1. The van der Waals surface area contributed by atoms with Crippen LogP contribution in [0.5, 0.6) is 0 Å². The van der Waals surface area contributed by atoms with Gasteiger partial charge in [0.25, 0.3) is 0 Å². The molecule has 0 amide bonds. The Hall–Kier alpha value is -0.690. The number of carbonyl (C=O) groups is 1. The van der Waals surface area contributed by atoms with E-state index in [1.54, 1.807) is 0 Å². The molecule has 156 valence electrons. The van der Waals surface area contributed by atoms with Gasteiger partial charge in [0.05, 0.1) is 46.2 Å². The molecule has 0 aromatic heterocycles. The number of hydrogen-bond acceptors (Lipinski definition) is 6. The van der Waals surface area contributed by atoms with Gasteiger partial charge in [-0.1, -0.05) is 39.5 Å². The first-order valence-electron chi connectivity index (χ1n) is 10.3. The summed E-state index contributed by atoms with van der Waals surface area (Å²) in [5.41, 5.74) is 0. The molecule has 0 saturated heterocycles. The highest BCUT2D eigenvalue weighted by atomic mass is 16.6. The fraction of sp³-hybridized carbons (Fsp3) is 0.950. The van der Waals surface area contributed by atoms with Gasteiger partial charge in [-0.15, -0.1) is 0 Å². The molecule has 0 bridgehead atoms. The normalized spacial score (nSPS) is 11.0. The van der Waals surface area contributed by atoms with E-state index in [1.807, 2.05) is 0 Å². The summed E-state index contributed by atoms with van der Waals surface area (Å²) in [5.74, 6) is -0.139. The molecule has 0 spiro atoms. The third-order valence-corrected chi connectivity index (χ3v) is 3.69. The van der Waals surface area contributed by atoms with Crippen molar-refractivity contribution in [1.29, 1.82) is 0 Å². The average Bonchev–Trinajstić information content (AvgIpc) is 2.64. The third-order valence-electron chi connectivity index (χ3n) is 3.69. The first kappa shape index (κ1) is 25.3. The van der Waals surface area contributed by atoms with E-state index < -0.39 is 0 Å². The molecule has 0 N–H and O–H groups in total. The smallest absolute Gasteiger partial charge is 0.305 e. The Balaban J connectivity index is 3.06. The minimum absolute atomic E-state index is 0.139. The molecule has 0 heterocycles. The van der Waals surface area contributed by atoms with Crippen molar-refractivity contribution < 1.29 is 28.5 Å². The van der Waals surface area contributed by atoms with Crippen LogP contribution in [-0.4, -0.2) is 65.4 Å². The second-order valence-corrected chi connectivity index (χ2v) is 6.19. The van der Waals surface area contributed by atoms with Crippen molar-refractivity contribution in [3.05, 3.63) is 0 Å². The summed E-state index contributed by atoms with van der Waals surface area (Å²) in [7, 11) is 0. The standard InChI is InChI=1S/C20H40O6/c1-3-5-7-8-11-22-14-16-24-18-19-25-17-15-23-12-9-10-20(21)26-13-6-4-2/h3-19H2,1-2H3. The maximum Gasteiger partial charge on any atom is 0.305 e. The van der Waals surface area contributed by atoms with Gasteiger partial charge < -0.3 is 23.7 Å². The number of rotatable bonds is 21. The Morgan fingerprint density at radius 2 is 1.04 bits per heavy atom. The van der Waals surface area contributed by atoms with Crippen molar-refractivity contribution in [2.24, 2.45) is 0 Å². The Bertz CT molecular complexity index is 285. The van der Waals surface area contributed by atoms with Gasteiger partial charge in [-0.2, -0.15) is 0 Å². The highest BCUT2D eigenvalue weighted by Crippen LogP contribution is 1.99. The van der Waals surface area contributed by atoms with Gasteiger partial charge >= 0.3 is 5.97 Å². The van der Waals surface area contributed by atoms with Gasteiger partial charge in [-0.05, 0) is 19.3 Å². The molecule has 0 aromatic carbocycles. The molecule has 0 unspecified atom stereocenters. The van der Waals surface area contributed by atoms with Crippen LogP contribution >= 0.6 is 0 Å². The van der Waals surface area contributed by atoms with Crippen molar-refractivity contribution in [2.45, 2.75) is 65.2 Å². The molecule has 26 heavy (non-hydrogen) atoms. The van der Waals surface area contributed by atoms with Crippen LogP contribution in [0, 0.1) is 0 Å². The van der Waals surface area contributed by atoms with Gasteiger partial charge in [-0.25, -0.2) is 0 Å². The van der Waals surface area contributed by atoms with Crippen LogP contribution in [0.2, 0.25) is 0 Å². The molecule has 0 fully saturated rings. The van der Waals surface area contributed by atoms with Gasteiger partial charge in [0, 0.05) is 19.6 Å². The summed E-state index contributed by atoms with van der Waals surface area (Å²) < 4.78 is 26.8. The van der Waals surface area contributed by atoms with E-state index in [1.165, 1.54) is 19.3 Å². The monoisotopic (exact) mass is 376 g/mol. The van der Waals surface area contributed by atoms with E-state index in [-0.39, 0.29) is 5.97 Å². The number of carbonyl (C=O) groups excluding carboxylic acids is 1. The van der Waals surface area contributed by atoms with E-state index in [2.05, 4.69) is 13.8 Å². The molecule has 0 aliphatic heterocycles. The Morgan fingerprint density at radius 1 is 0.538 bits per heavy atom. The fourth-order valence-electron chi connectivity index (χ4n) is 2.11. The van der Waals surface area contributed by atoms with E-state index in [9.17, 15) is 4.79 Å². The lowest BCUT2D eigenvalue weighted by atomic mass is 10.2. The fourth-order valence-corrected chi connectivity index (χ4v) is 2.11. The molecule has 6 nitrogen and oxygen atoms in total. The van der Waals surface area contributed by atoms with Crippen LogP contribution in [0.15, 0.2) is 0 Å². The minimum Gasteiger partial charge on any atom is -0.466 e. The number of ether oxygens (including phenoxy) is 5. The molecule has 6 heteroatoms. The minimum atomic E-state index is -0.139. The van der Waals surface area contributed by atoms with Gasteiger partial charge in [0.2, 0.25) is 0 Å².